The van der Waals surface area contributed by atoms with E-state index in [1.165, 1.54) is 0 Å². The molecule has 0 spiro atoms. The third-order valence-electron chi connectivity index (χ3n) is 2.71. The van der Waals surface area contributed by atoms with Gasteiger partial charge < -0.3 is 9.84 Å². The molecule has 92 valence electrons. The molecule has 0 aliphatic carbocycles. The van der Waals surface area contributed by atoms with Crippen molar-refractivity contribution in [3.8, 4) is 0 Å². The molecule has 17 heavy (non-hydrogen) atoms. The molecule has 1 N–H and O–H groups in total. The maximum Gasteiger partial charge on any atom is 0.335 e. The van der Waals surface area contributed by atoms with Crippen molar-refractivity contribution >= 4 is 18.6 Å². The van der Waals surface area contributed by atoms with Gasteiger partial charge in [0.15, 0.2) is 0 Å². The molecule has 0 aromatic heterocycles. The largest absolute Gasteiger partial charge is 0.478 e. The van der Waals surface area contributed by atoms with Crippen molar-refractivity contribution < 1.29 is 14.6 Å². The minimum absolute atomic E-state index is 0.0496. The fraction of sp³-hybridized carbons (Fsp3) is 0.417. The Labute approximate surface area is 106 Å². The molecule has 5 heteroatoms. The third-order valence-corrected chi connectivity index (χ3v) is 3.02. The van der Waals surface area contributed by atoms with E-state index in [1.807, 2.05) is 6.07 Å². The Morgan fingerprint density at radius 1 is 1.59 bits per heavy atom. The molecule has 4 nitrogen and oxygen atoms in total. The topological polar surface area (TPSA) is 49.8 Å². The van der Waals surface area contributed by atoms with Crippen LogP contribution in [-0.2, 0) is 11.3 Å². The smallest absolute Gasteiger partial charge is 0.335 e. The predicted octanol–water partition coefficient (Wildman–Crippen LogP) is 1.47. The van der Waals surface area contributed by atoms with Gasteiger partial charge >= 0.3 is 5.97 Å². The molecule has 1 aromatic rings. The van der Waals surface area contributed by atoms with Gasteiger partial charge in [0, 0.05) is 19.6 Å². The second-order valence-electron chi connectivity index (χ2n) is 4.07. The number of morpholine rings is 1. The van der Waals surface area contributed by atoms with Gasteiger partial charge in [-0.2, -0.15) is 0 Å². The number of thiol groups is 1. The van der Waals surface area contributed by atoms with E-state index in [1.54, 1.807) is 18.2 Å². The maximum atomic E-state index is 10.9. The van der Waals surface area contributed by atoms with Gasteiger partial charge in [-0.05, 0) is 17.7 Å². The van der Waals surface area contributed by atoms with E-state index in [2.05, 4.69) is 17.5 Å². The Balaban J connectivity index is 2.02. The van der Waals surface area contributed by atoms with Gasteiger partial charge in [0.2, 0.25) is 0 Å². The minimum atomic E-state index is -0.888. The summed E-state index contributed by atoms with van der Waals surface area (Å²) >= 11 is 4.28. The number of benzene rings is 1. The molecule has 1 heterocycles. The zero-order valence-corrected chi connectivity index (χ0v) is 10.3. The highest BCUT2D eigenvalue weighted by molar-refractivity contribution is 7.80. The SMILES string of the molecule is O=C(O)c1cccc(CN2CCOC(S)C2)c1. The third kappa shape index (κ3) is 3.46. The van der Waals surface area contributed by atoms with Crippen LogP contribution in [0, 0.1) is 0 Å². The van der Waals surface area contributed by atoms with Crippen LogP contribution in [0.5, 0.6) is 0 Å². The zero-order valence-electron chi connectivity index (χ0n) is 9.37. The molecule has 0 radical (unpaired) electrons. The van der Waals surface area contributed by atoms with E-state index >= 15 is 0 Å². The second kappa shape index (κ2) is 5.53. The molecule has 1 aromatic carbocycles. The van der Waals surface area contributed by atoms with Gasteiger partial charge in [-0.25, -0.2) is 4.79 Å². The lowest BCUT2D eigenvalue weighted by atomic mass is 10.1. The highest BCUT2D eigenvalue weighted by atomic mass is 32.1. The van der Waals surface area contributed by atoms with Crippen molar-refractivity contribution in [1.29, 1.82) is 0 Å². The Kier molecular flexibility index (Phi) is 4.04. The van der Waals surface area contributed by atoms with Crippen molar-refractivity contribution in [2.45, 2.75) is 12.0 Å². The van der Waals surface area contributed by atoms with Crippen LogP contribution in [0.2, 0.25) is 0 Å². The molecule has 0 bridgehead atoms. The van der Waals surface area contributed by atoms with Crippen molar-refractivity contribution in [3.63, 3.8) is 0 Å². The summed E-state index contributed by atoms with van der Waals surface area (Å²) in [6.45, 7) is 3.03. The lowest BCUT2D eigenvalue weighted by Gasteiger charge is -2.30. The number of carbonyl (C=O) groups is 1. The molecule has 1 saturated heterocycles. The summed E-state index contributed by atoms with van der Waals surface area (Å²) in [7, 11) is 0. The maximum absolute atomic E-state index is 10.9. The van der Waals surface area contributed by atoms with E-state index in [0.717, 1.165) is 25.2 Å². The number of hydrogen-bond donors (Lipinski definition) is 2. The first-order valence-corrected chi connectivity index (χ1v) is 6.01. The highest BCUT2D eigenvalue weighted by Crippen LogP contribution is 2.13. The Morgan fingerprint density at radius 3 is 3.12 bits per heavy atom. The first-order chi connectivity index (χ1) is 8.15. The zero-order chi connectivity index (χ0) is 12.3. The standard InChI is InChI=1S/C12H15NO3S/c14-12(15)10-3-1-2-9(6-10)7-13-4-5-16-11(17)8-13/h1-3,6,11,17H,4-5,7-8H2,(H,14,15). The van der Waals surface area contributed by atoms with Gasteiger partial charge in [0.25, 0.3) is 0 Å². The van der Waals surface area contributed by atoms with Crippen LogP contribution < -0.4 is 0 Å². The molecule has 1 fully saturated rings. The molecule has 1 unspecified atom stereocenters. The molecule has 1 aliphatic heterocycles. The molecule has 0 saturated carbocycles. The summed E-state index contributed by atoms with van der Waals surface area (Å²) in [6.07, 6.45) is 0. The fourth-order valence-electron chi connectivity index (χ4n) is 1.89. The van der Waals surface area contributed by atoms with E-state index in [9.17, 15) is 4.79 Å². The van der Waals surface area contributed by atoms with Crippen LogP contribution >= 0.6 is 12.6 Å². The van der Waals surface area contributed by atoms with Crippen LogP contribution in [0.4, 0.5) is 0 Å². The van der Waals surface area contributed by atoms with Gasteiger partial charge in [0.1, 0.15) is 5.44 Å². The van der Waals surface area contributed by atoms with Gasteiger partial charge in [-0.15, -0.1) is 12.6 Å². The first kappa shape index (κ1) is 12.4. The van der Waals surface area contributed by atoms with Gasteiger partial charge in [-0.1, -0.05) is 12.1 Å². The summed E-state index contributed by atoms with van der Waals surface area (Å²) in [5.74, 6) is -0.888. The Bertz CT molecular complexity index is 410. The van der Waals surface area contributed by atoms with Crippen molar-refractivity contribution in [2.75, 3.05) is 19.7 Å². The number of aromatic carboxylic acids is 1. The minimum Gasteiger partial charge on any atom is -0.478 e. The number of carboxylic acids is 1. The van der Waals surface area contributed by atoms with Crippen molar-refractivity contribution in [1.82, 2.24) is 4.90 Å². The average molecular weight is 253 g/mol. The summed E-state index contributed by atoms with van der Waals surface area (Å²) in [5.41, 5.74) is 1.29. The van der Waals surface area contributed by atoms with Gasteiger partial charge in [0.05, 0.1) is 12.2 Å². The van der Waals surface area contributed by atoms with Crippen LogP contribution in [-0.4, -0.2) is 41.1 Å². The molecular formula is C12H15NO3S. The van der Waals surface area contributed by atoms with E-state index < -0.39 is 5.97 Å². The van der Waals surface area contributed by atoms with Crippen LogP contribution in [0.3, 0.4) is 0 Å². The van der Waals surface area contributed by atoms with Crippen molar-refractivity contribution in [3.05, 3.63) is 35.4 Å². The summed E-state index contributed by atoms with van der Waals surface area (Å²) < 4.78 is 5.34. The lowest BCUT2D eigenvalue weighted by molar-refractivity contribution is 0.0157. The van der Waals surface area contributed by atoms with Crippen LogP contribution in [0.15, 0.2) is 24.3 Å². The molecule has 1 aliphatic rings. The molecule has 0 amide bonds. The summed E-state index contributed by atoms with van der Waals surface area (Å²) in [5, 5.41) is 8.91. The molecule has 1 atom stereocenters. The summed E-state index contributed by atoms with van der Waals surface area (Å²) in [6, 6.07) is 7.03. The molecule has 2 rings (SSSR count). The van der Waals surface area contributed by atoms with Crippen molar-refractivity contribution in [2.24, 2.45) is 0 Å². The lowest BCUT2D eigenvalue weighted by Crippen LogP contribution is -2.39. The number of nitrogens with zero attached hydrogens (tertiary/aromatic N) is 1. The Hall–Kier alpha value is -1.04. The number of rotatable bonds is 3. The number of carboxylic acid groups (broad SMARTS) is 1. The van der Waals surface area contributed by atoms with E-state index in [-0.39, 0.29) is 5.44 Å². The number of ether oxygens (including phenoxy) is 1. The van der Waals surface area contributed by atoms with E-state index in [0.29, 0.717) is 12.2 Å². The first-order valence-electron chi connectivity index (χ1n) is 5.49. The van der Waals surface area contributed by atoms with Crippen LogP contribution in [0.25, 0.3) is 0 Å². The fourth-order valence-corrected chi connectivity index (χ4v) is 2.22. The highest BCUT2D eigenvalue weighted by Gasteiger charge is 2.17. The normalized spacial score (nSPS) is 21.4. The Morgan fingerprint density at radius 2 is 2.41 bits per heavy atom. The molecular weight excluding hydrogens is 238 g/mol. The monoisotopic (exact) mass is 253 g/mol. The quantitative estimate of drug-likeness (QED) is 0.801. The van der Waals surface area contributed by atoms with Crippen LogP contribution in [0.1, 0.15) is 15.9 Å². The second-order valence-corrected chi connectivity index (χ2v) is 4.64. The average Bonchev–Trinajstić information content (AvgIpc) is 2.29. The van der Waals surface area contributed by atoms with E-state index in [4.69, 9.17) is 9.84 Å². The summed E-state index contributed by atoms with van der Waals surface area (Å²) in [4.78, 5) is 13.1. The predicted molar refractivity (Wildman–Crippen MR) is 67.4 cm³/mol. The number of hydrogen-bond acceptors (Lipinski definition) is 4. The van der Waals surface area contributed by atoms with Gasteiger partial charge in [-0.3, -0.25) is 4.90 Å².